The van der Waals surface area contributed by atoms with Gasteiger partial charge in [0.2, 0.25) is 11.6 Å². The molecule has 6 rings (SSSR count). The molecule has 44 heavy (non-hydrogen) atoms. The number of aliphatic hydroxyl groups is 2. The predicted molar refractivity (Wildman–Crippen MR) is 157 cm³/mol. The van der Waals surface area contributed by atoms with E-state index < -0.39 is 58.6 Å². The maximum Gasteiger partial charge on any atom is 0.201 e. The first-order valence-corrected chi connectivity index (χ1v) is 14.2. The van der Waals surface area contributed by atoms with Crippen LogP contribution in [0.2, 0.25) is 0 Å². The lowest BCUT2D eigenvalue weighted by atomic mass is 9.63. The molecular formula is C34H30O10. The Morgan fingerprint density at radius 1 is 0.500 bits per heavy atom. The Morgan fingerprint density at radius 3 is 1.11 bits per heavy atom. The van der Waals surface area contributed by atoms with Crippen molar-refractivity contribution >= 4 is 11.6 Å². The van der Waals surface area contributed by atoms with Crippen molar-refractivity contribution in [3.63, 3.8) is 0 Å². The first-order chi connectivity index (χ1) is 20.9. The van der Waals surface area contributed by atoms with Crippen molar-refractivity contribution in [2.24, 2.45) is 0 Å². The second-order valence-electron chi connectivity index (χ2n) is 11.3. The number of aliphatic hydroxyl groups excluding tert-OH is 2. The van der Waals surface area contributed by atoms with E-state index in [-0.39, 0.29) is 80.0 Å². The van der Waals surface area contributed by atoms with Gasteiger partial charge in [-0.1, -0.05) is 26.0 Å². The largest absolute Gasteiger partial charge is 0.508 e. The zero-order valence-electron chi connectivity index (χ0n) is 23.7. The molecular weight excluding hydrogens is 568 g/mol. The molecule has 4 atom stereocenters. The molecule has 8 N–H and O–H groups in total. The van der Waals surface area contributed by atoms with Crippen LogP contribution in [0, 0.1) is 0 Å². The van der Waals surface area contributed by atoms with E-state index in [2.05, 4.69) is 0 Å². The summed E-state index contributed by atoms with van der Waals surface area (Å²) >= 11 is 0. The number of hydrogen-bond acceptors (Lipinski definition) is 10. The molecule has 0 unspecified atom stereocenters. The van der Waals surface area contributed by atoms with Crippen LogP contribution in [0.5, 0.6) is 34.5 Å². The third-order valence-corrected chi connectivity index (χ3v) is 8.73. The summed E-state index contributed by atoms with van der Waals surface area (Å²) in [5.74, 6) is -6.56. The molecule has 226 valence electrons. The number of carbonyl (C=O) groups is 2. The van der Waals surface area contributed by atoms with Crippen LogP contribution in [0.4, 0.5) is 0 Å². The van der Waals surface area contributed by atoms with Crippen LogP contribution in [0.1, 0.15) is 116 Å². The van der Waals surface area contributed by atoms with Crippen molar-refractivity contribution in [1.29, 1.82) is 0 Å². The smallest absolute Gasteiger partial charge is 0.201 e. The van der Waals surface area contributed by atoms with Crippen LogP contribution in [0.3, 0.4) is 0 Å². The maximum absolute atomic E-state index is 13.9. The molecule has 10 nitrogen and oxygen atoms in total. The molecule has 0 spiro atoms. The molecule has 0 radical (unpaired) electrons. The van der Waals surface area contributed by atoms with E-state index >= 15 is 0 Å². The highest BCUT2D eigenvalue weighted by atomic mass is 16.3. The van der Waals surface area contributed by atoms with E-state index in [9.17, 15) is 50.4 Å². The first kappa shape index (κ1) is 29.0. The van der Waals surface area contributed by atoms with Crippen molar-refractivity contribution in [3.8, 4) is 34.5 Å². The standard InChI is InChI=1S/C34H30O10/c1-3-21(37)13-5-17-27(19-9-15(35)11-25(41)31(19)33(43)29(17)23(39)7-13)28-18-6-14(22(38)4-2)8-24(40)30(18)34(44)32-20(28)10-16(36)12-26(32)42/h5-12,21-22,27-28,35-42H,3-4H2,1-2H3/t21-,22-,27-,28-/m0/s1. The fourth-order valence-electron chi connectivity index (χ4n) is 6.74. The highest BCUT2D eigenvalue weighted by Crippen LogP contribution is 2.57. The third kappa shape index (κ3) is 4.17. The third-order valence-electron chi connectivity index (χ3n) is 8.73. The number of ketones is 2. The summed E-state index contributed by atoms with van der Waals surface area (Å²) in [6.07, 6.45) is -1.52. The van der Waals surface area contributed by atoms with Gasteiger partial charge in [0.1, 0.15) is 34.5 Å². The van der Waals surface area contributed by atoms with Crippen molar-refractivity contribution < 1.29 is 50.4 Å². The van der Waals surface area contributed by atoms with Gasteiger partial charge in [-0.3, -0.25) is 9.59 Å². The topological polar surface area (TPSA) is 196 Å². The Balaban J connectivity index is 1.79. The van der Waals surface area contributed by atoms with Crippen molar-refractivity contribution in [3.05, 3.63) is 104 Å². The minimum absolute atomic E-state index is 0.0996. The molecule has 4 aromatic carbocycles. The molecule has 10 heteroatoms. The van der Waals surface area contributed by atoms with Crippen LogP contribution in [0.25, 0.3) is 0 Å². The van der Waals surface area contributed by atoms with Crippen molar-refractivity contribution in [2.75, 3.05) is 0 Å². The SMILES string of the molecule is CC[C@H](O)c1cc(O)c2c(c1)[C@H]([C@@H]1c3cc(O)cc(O)c3C(=O)c3c(O)cc([C@@H](O)CC)cc31)c1cc(O)cc(O)c1C2=O. The lowest BCUT2D eigenvalue weighted by molar-refractivity contribution is 0.101. The highest BCUT2D eigenvalue weighted by Gasteiger charge is 2.46. The summed E-state index contributed by atoms with van der Waals surface area (Å²) < 4.78 is 0. The molecule has 0 amide bonds. The molecule has 0 saturated carbocycles. The van der Waals surface area contributed by atoms with E-state index in [1.54, 1.807) is 13.8 Å². The zero-order chi connectivity index (χ0) is 31.8. The Kier molecular flexibility index (Phi) is 6.79. The second kappa shape index (κ2) is 10.3. The quantitative estimate of drug-likeness (QED) is 0.157. The van der Waals surface area contributed by atoms with Gasteiger partial charge in [0.15, 0.2) is 0 Å². The molecule has 0 aromatic heterocycles. The summed E-state index contributed by atoms with van der Waals surface area (Å²) in [5, 5.41) is 86.9. The number of fused-ring (bicyclic) bond motifs is 4. The Bertz CT molecular complexity index is 1760. The first-order valence-electron chi connectivity index (χ1n) is 14.2. The average molecular weight is 599 g/mol. The van der Waals surface area contributed by atoms with E-state index in [1.807, 2.05) is 0 Å². The number of phenolic OH excluding ortho intramolecular Hbond substituents is 6. The monoisotopic (exact) mass is 598 g/mol. The molecule has 2 aliphatic carbocycles. The molecule has 0 aliphatic heterocycles. The maximum atomic E-state index is 13.9. The van der Waals surface area contributed by atoms with Crippen molar-refractivity contribution in [1.82, 2.24) is 0 Å². The fourth-order valence-corrected chi connectivity index (χ4v) is 6.74. The summed E-state index contributed by atoms with van der Waals surface area (Å²) in [7, 11) is 0. The van der Waals surface area contributed by atoms with Gasteiger partial charge >= 0.3 is 0 Å². The van der Waals surface area contributed by atoms with E-state index in [0.717, 1.165) is 12.1 Å². The molecule has 0 saturated heterocycles. The van der Waals surface area contributed by atoms with Crippen LogP contribution in [-0.2, 0) is 0 Å². The van der Waals surface area contributed by atoms with Crippen LogP contribution < -0.4 is 0 Å². The number of benzene rings is 4. The zero-order valence-corrected chi connectivity index (χ0v) is 23.7. The minimum Gasteiger partial charge on any atom is -0.508 e. The molecule has 2 aliphatic rings. The lowest BCUT2D eigenvalue weighted by Crippen LogP contribution is -2.30. The van der Waals surface area contributed by atoms with Gasteiger partial charge in [-0.25, -0.2) is 0 Å². The second-order valence-corrected chi connectivity index (χ2v) is 11.3. The molecule has 0 bridgehead atoms. The van der Waals surface area contributed by atoms with Crippen molar-refractivity contribution in [2.45, 2.75) is 50.7 Å². The Hall–Kier alpha value is -5.06. The summed E-state index contributed by atoms with van der Waals surface area (Å²) in [4.78, 5) is 27.7. The number of rotatable bonds is 5. The summed E-state index contributed by atoms with van der Waals surface area (Å²) in [6.45, 7) is 3.45. The van der Waals surface area contributed by atoms with Gasteiger partial charge in [0.05, 0.1) is 34.5 Å². The fraction of sp³-hybridized carbons (Fsp3) is 0.235. The highest BCUT2D eigenvalue weighted by molar-refractivity contribution is 6.18. The Labute approximate surface area is 251 Å². The van der Waals surface area contributed by atoms with E-state index in [1.165, 1.54) is 36.4 Å². The summed E-state index contributed by atoms with van der Waals surface area (Å²) in [6, 6.07) is 10.1. The molecule has 0 heterocycles. The molecule has 0 fully saturated rings. The van der Waals surface area contributed by atoms with Crippen LogP contribution in [0.15, 0.2) is 48.5 Å². The number of aromatic hydroxyl groups is 6. The number of phenols is 6. The van der Waals surface area contributed by atoms with Crippen LogP contribution >= 0.6 is 0 Å². The predicted octanol–water partition coefficient (Wildman–Crippen LogP) is 4.86. The van der Waals surface area contributed by atoms with Gasteiger partial charge in [-0.15, -0.1) is 0 Å². The summed E-state index contributed by atoms with van der Waals surface area (Å²) in [5.41, 5.74) is 0.283. The lowest BCUT2D eigenvalue weighted by Gasteiger charge is -2.39. The van der Waals surface area contributed by atoms with Gasteiger partial charge in [0, 0.05) is 24.0 Å². The number of carbonyl (C=O) groups excluding carboxylic acids is 2. The van der Waals surface area contributed by atoms with E-state index in [0.29, 0.717) is 0 Å². The molecule has 4 aromatic rings. The number of hydrogen-bond donors (Lipinski definition) is 8. The van der Waals surface area contributed by atoms with E-state index in [4.69, 9.17) is 0 Å². The Morgan fingerprint density at radius 2 is 0.795 bits per heavy atom. The average Bonchev–Trinajstić information content (AvgIpc) is 2.96. The minimum atomic E-state index is -1.11. The van der Waals surface area contributed by atoms with Gasteiger partial charge in [-0.05, 0) is 70.5 Å². The van der Waals surface area contributed by atoms with Gasteiger partial charge in [-0.2, -0.15) is 0 Å². The normalized spacial score (nSPS) is 18.2. The van der Waals surface area contributed by atoms with Crippen LogP contribution in [-0.4, -0.2) is 52.4 Å². The van der Waals surface area contributed by atoms with Gasteiger partial charge < -0.3 is 40.9 Å². The van der Waals surface area contributed by atoms with Gasteiger partial charge in [0.25, 0.3) is 0 Å².